The second-order valence-electron chi connectivity index (χ2n) is 8.21. The standard InChI is InChI=1S/C22H33F3N4O3/c1-18(28-10-8-27(9-11-28)7-2-14-32-17-22(23,24)25)21(30)26-19-3-5-20(6-4-19)29-12-15-31-16-13-29/h3-6,18H,2,7-17H2,1H3,(H,26,30). The van der Waals surface area contributed by atoms with Crippen LogP contribution in [-0.2, 0) is 14.3 Å². The van der Waals surface area contributed by atoms with Crippen LogP contribution in [0.25, 0.3) is 0 Å². The zero-order chi connectivity index (χ0) is 23.0. The molecule has 0 spiro atoms. The Bertz CT molecular complexity index is 703. The summed E-state index contributed by atoms with van der Waals surface area (Å²) >= 11 is 0. The van der Waals surface area contributed by atoms with Crippen molar-refractivity contribution in [2.75, 3.05) is 82.5 Å². The number of nitrogens with one attached hydrogen (secondary N) is 1. The fourth-order valence-electron chi connectivity index (χ4n) is 3.94. The van der Waals surface area contributed by atoms with E-state index in [1.165, 1.54) is 0 Å². The predicted molar refractivity (Wildman–Crippen MR) is 117 cm³/mol. The van der Waals surface area contributed by atoms with Crippen molar-refractivity contribution in [3.63, 3.8) is 0 Å². The van der Waals surface area contributed by atoms with E-state index in [1.807, 2.05) is 31.2 Å². The molecule has 1 amide bonds. The van der Waals surface area contributed by atoms with Gasteiger partial charge in [0.15, 0.2) is 0 Å². The molecule has 180 valence electrons. The van der Waals surface area contributed by atoms with E-state index in [9.17, 15) is 18.0 Å². The van der Waals surface area contributed by atoms with Crippen molar-refractivity contribution in [3.8, 4) is 0 Å². The molecule has 2 aliphatic heterocycles. The Morgan fingerprint density at radius 3 is 2.38 bits per heavy atom. The Labute approximate surface area is 187 Å². The number of amides is 1. The molecule has 1 aromatic rings. The summed E-state index contributed by atoms with van der Waals surface area (Å²) in [6.45, 7) is 7.76. The maximum absolute atomic E-state index is 12.7. The summed E-state index contributed by atoms with van der Waals surface area (Å²) in [5.41, 5.74) is 1.90. The second-order valence-corrected chi connectivity index (χ2v) is 8.21. The third-order valence-corrected chi connectivity index (χ3v) is 5.87. The van der Waals surface area contributed by atoms with Crippen LogP contribution in [0.5, 0.6) is 0 Å². The number of carbonyl (C=O) groups excluding carboxylic acids is 1. The van der Waals surface area contributed by atoms with E-state index in [0.717, 1.165) is 63.9 Å². The van der Waals surface area contributed by atoms with Crippen molar-refractivity contribution in [2.24, 2.45) is 0 Å². The van der Waals surface area contributed by atoms with Gasteiger partial charge in [-0.1, -0.05) is 0 Å². The first kappa shape index (κ1) is 24.8. The molecule has 1 N–H and O–H groups in total. The van der Waals surface area contributed by atoms with E-state index in [2.05, 4.69) is 24.8 Å². The van der Waals surface area contributed by atoms with E-state index in [-0.39, 0.29) is 18.6 Å². The lowest BCUT2D eigenvalue weighted by Crippen LogP contribution is -2.52. The average Bonchev–Trinajstić information content (AvgIpc) is 2.79. The molecular weight excluding hydrogens is 425 g/mol. The van der Waals surface area contributed by atoms with Gasteiger partial charge in [-0.3, -0.25) is 9.69 Å². The third-order valence-electron chi connectivity index (χ3n) is 5.87. The Kier molecular flexibility index (Phi) is 9.15. The molecule has 7 nitrogen and oxygen atoms in total. The number of halogens is 3. The van der Waals surface area contributed by atoms with Crippen LogP contribution in [-0.4, -0.2) is 100 Å². The number of carbonyl (C=O) groups is 1. The first-order chi connectivity index (χ1) is 15.3. The second kappa shape index (κ2) is 11.8. The van der Waals surface area contributed by atoms with Crippen molar-refractivity contribution < 1.29 is 27.4 Å². The van der Waals surface area contributed by atoms with Gasteiger partial charge in [-0.2, -0.15) is 13.2 Å². The van der Waals surface area contributed by atoms with Gasteiger partial charge in [0.1, 0.15) is 6.61 Å². The van der Waals surface area contributed by atoms with Crippen LogP contribution in [0, 0.1) is 0 Å². The van der Waals surface area contributed by atoms with Crippen LogP contribution in [0.15, 0.2) is 24.3 Å². The van der Waals surface area contributed by atoms with E-state index >= 15 is 0 Å². The van der Waals surface area contributed by atoms with Crippen molar-refractivity contribution in [2.45, 2.75) is 25.6 Å². The minimum Gasteiger partial charge on any atom is -0.378 e. The molecule has 1 unspecified atom stereocenters. The van der Waals surface area contributed by atoms with Gasteiger partial charge >= 0.3 is 6.18 Å². The van der Waals surface area contributed by atoms with E-state index in [4.69, 9.17) is 4.74 Å². The summed E-state index contributed by atoms with van der Waals surface area (Å²) in [7, 11) is 0. The summed E-state index contributed by atoms with van der Waals surface area (Å²) in [5, 5.41) is 2.99. The molecule has 0 radical (unpaired) electrons. The highest BCUT2D eigenvalue weighted by atomic mass is 19.4. The van der Waals surface area contributed by atoms with Gasteiger partial charge in [0.2, 0.25) is 5.91 Å². The van der Waals surface area contributed by atoms with Gasteiger partial charge in [-0.05, 0) is 37.6 Å². The van der Waals surface area contributed by atoms with Gasteiger partial charge in [-0.15, -0.1) is 0 Å². The monoisotopic (exact) mass is 458 g/mol. The number of alkyl halides is 3. The van der Waals surface area contributed by atoms with Crippen LogP contribution in [0.2, 0.25) is 0 Å². The minimum atomic E-state index is -4.27. The maximum Gasteiger partial charge on any atom is 0.411 e. The van der Waals surface area contributed by atoms with Gasteiger partial charge in [0, 0.05) is 63.8 Å². The molecule has 10 heteroatoms. The first-order valence-corrected chi connectivity index (χ1v) is 11.2. The Morgan fingerprint density at radius 2 is 1.75 bits per heavy atom. The predicted octanol–water partition coefficient (Wildman–Crippen LogP) is 2.44. The minimum absolute atomic E-state index is 0.0434. The van der Waals surface area contributed by atoms with Crippen LogP contribution < -0.4 is 10.2 Å². The SMILES string of the molecule is CC(C(=O)Nc1ccc(N2CCOCC2)cc1)N1CCN(CCCOCC(F)(F)F)CC1. The van der Waals surface area contributed by atoms with Gasteiger partial charge in [0.25, 0.3) is 0 Å². The highest BCUT2D eigenvalue weighted by Gasteiger charge is 2.28. The molecule has 0 bridgehead atoms. The lowest BCUT2D eigenvalue weighted by molar-refractivity contribution is -0.174. The molecule has 2 saturated heterocycles. The summed E-state index contributed by atoms with van der Waals surface area (Å²) in [6, 6.07) is 7.62. The number of anilines is 2. The molecule has 2 heterocycles. The Morgan fingerprint density at radius 1 is 1.09 bits per heavy atom. The number of nitrogens with zero attached hydrogens (tertiary/aromatic N) is 3. The maximum atomic E-state index is 12.7. The number of hydrogen-bond acceptors (Lipinski definition) is 6. The number of ether oxygens (including phenoxy) is 2. The van der Waals surface area contributed by atoms with E-state index in [0.29, 0.717) is 13.0 Å². The lowest BCUT2D eigenvalue weighted by atomic mass is 10.2. The molecule has 2 aliphatic rings. The molecule has 0 aromatic heterocycles. The van der Waals surface area contributed by atoms with Crippen molar-refractivity contribution in [1.29, 1.82) is 0 Å². The summed E-state index contributed by atoms with van der Waals surface area (Å²) < 4.78 is 46.3. The zero-order valence-corrected chi connectivity index (χ0v) is 18.6. The number of rotatable bonds is 9. The molecule has 1 aromatic carbocycles. The van der Waals surface area contributed by atoms with E-state index in [1.54, 1.807) is 0 Å². The average molecular weight is 459 g/mol. The summed E-state index contributed by atoms with van der Waals surface area (Å²) in [4.78, 5) is 19.3. The molecule has 32 heavy (non-hydrogen) atoms. The Hall–Kier alpha value is -1.88. The molecule has 3 rings (SSSR count). The van der Waals surface area contributed by atoms with Gasteiger partial charge in [-0.25, -0.2) is 0 Å². The van der Waals surface area contributed by atoms with Gasteiger partial charge < -0.3 is 24.6 Å². The largest absolute Gasteiger partial charge is 0.411 e. The summed E-state index contributed by atoms with van der Waals surface area (Å²) in [6.07, 6.45) is -3.71. The topological polar surface area (TPSA) is 57.3 Å². The van der Waals surface area contributed by atoms with Crippen molar-refractivity contribution in [1.82, 2.24) is 9.80 Å². The number of piperazine rings is 1. The number of morpholine rings is 1. The first-order valence-electron chi connectivity index (χ1n) is 11.2. The smallest absolute Gasteiger partial charge is 0.378 e. The fraction of sp³-hybridized carbons (Fsp3) is 0.682. The number of benzene rings is 1. The summed E-state index contributed by atoms with van der Waals surface area (Å²) in [5.74, 6) is -0.0434. The van der Waals surface area contributed by atoms with Crippen LogP contribution >= 0.6 is 0 Å². The molecular formula is C22H33F3N4O3. The van der Waals surface area contributed by atoms with E-state index < -0.39 is 12.8 Å². The molecule has 1 atom stereocenters. The highest BCUT2D eigenvalue weighted by Crippen LogP contribution is 2.20. The van der Waals surface area contributed by atoms with Crippen molar-refractivity contribution in [3.05, 3.63) is 24.3 Å². The normalized spacial score (nSPS) is 19.7. The highest BCUT2D eigenvalue weighted by molar-refractivity contribution is 5.94. The van der Waals surface area contributed by atoms with Crippen LogP contribution in [0.1, 0.15) is 13.3 Å². The quantitative estimate of drug-likeness (QED) is 0.574. The van der Waals surface area contributed by atoms with Crippen LogP contribution in [0.3, 0.4) is 0 Å². The third kappa shape index (κ3) is 7.91. The van der Waals surface area contributed by atoms with Gasteiger partial charge in [0.05, 0.1) is 19.3 Å². The zero-order valence-electron chi connectivity index (χ0n) is 18.6. The molecule has 0 aliphatic carbocycles. The van der Waals surface area contributed by atoms with Crippen molar-refractivity contribution >= 4 is 17.3 Å². The van der Waals surface area contributed by atoms with Crippen LogP contribution in [0.4, 0.5) is 24.5 Å². The fourth-order valence-corrected chi connectivity index (χ4v) is 3.94. The molecule has 0 saturated carbocycles. The molecule has 2 fully saturated rings. The Balaban J connectivity index is 1.35. The number of hydrogen-bond donors (Lipinski definition) is 1. The lowest BCUT2D eigenvalue weighted by Gasteiger charge is -2.37.